The van der Waals surface area contributed by atoms with Gasteiger partial charge in [0.2, 0.25) is 11.8 Å². The molecule has 0 saturated carbocycles. The summed E-state index contributed by atoms with van der Waals surface area (Å²) in [5, 5.41) is 11.0. The lowest BCUT2D eigenvalue weighted by atomic mass is 10.3. The molecule has 6 nitrogen and oxygen atoms in total. The Morgan fingerprint density at radius 2 is 1.87 bits per heavy atom. The molecule has 2 aromatic heterocycles. The van der Waals surface area contributed by atoms with E-state index >= 15 is 0 Å². The topological polar surface area (TPSA) is 80.9 Å². The summed E-state index contributed by atoms with van der Waals surface area (Å²) in [5.74, 6) is 0.456. The first-order chi connectivity index (χ1) is 11.2. The maximum atomic E-state index is 11.9. The molecule has 1 N–H and O–H groups in total. The third-order valence-electron chi connectivity index (χ3n) is 2.79. The molecule has 0 spiro atoms. The Hall–Kier alpha value is -2.19. The van der Waals surface area contributed by atoms with Gasteiger partial charge >= 0.3 is 0 Å². The molecule has 3 rings (SSSR count). The minimum absolute atomic E-state index is 0.138. The van der Waals surface area contributed by atoms with Crippen LogP contribution in [0.1, 0.15) is 0 Å². The molecule has 23 heavy (non-hydrogen) atoms. The minimum atomic E-state index is -0.138. The molecule has 0 fully saturated rings. The van der Waals surface area contributed by atoms with Crippen LogP contribution in [-0.2, 0) is 4.79 Å². The standard InChI is InChI=1S/C15H11BrN4O2S/c16-11-1-3-12(4-2-11)18-13(21)9-23-15-20-19-14(22-15)10-5-7-17-8-6-10/h1-8H,9H2,(H,18,21). The van der Waals surface area contributed by atoms with E-state index < -0.39 is 0 Å². The number of hydrogen-bond acceptors (Lipinski definition) is 6. The van der Waals surface area contributed by atoms with Gasteiger partial charge in [0.25, 0.3) is 5.22 Å². The van der Waals surface area contributed by atoms with E-state index in [0.29, 0.717) is 11.1 Å². The Labute approximate surface area is 144 Å². The maximum Gasteiger partial charge on any atom is 0.277 e. The molecule has 0 bridgehead atoms. The zero-order valence-corrected chi connectivity index (χ0v) is 14.2. The number of pyridine rings is 1. The predicted molar refractivity (Wildman–Crippen MR) is 91.0 cm³/mol. The highest BCUT2D eigenvalue weighted by Gasteiger charge is 2.11. The van der Waals surface area contributed by atoms with Crippen molar-refractivity contribution in [2.45, 2.75) is 5.22 Å². The van der Waals surface area contributed by atoms with Crippen LogP contribution in [0.15, 0.2) is 62.9 Å². The van der Waals surface area contributed by atoms with E-state index in [1.807, 2.05) is 24.3 Å². The monoisotopic (exact) mass is 390 g/mol. The third-order valence-corrected chi connectivity index (χ3v) is 4.14. The molecule has 1 aromatic carbocycles. The van der Waals surface area contributed by atoms with Crippen molar-refractivity contribution in [3.8, 4) is 11.5 Å². The highest BCUT2D eigenvalue weighted by atomic mass is 79.9. The van der Waals surface area contributed by atoms with Crippen molar-refractivity contribution in [3.05, 3.63) is 53.3 Å². The molecule has 3 aromatic rings. The third kappa shape index (κ3) is 4.40. The van der Waals surface area contributed by atoms with E-state index in [1.165, 1.54) is 11.8 Å². The number of nitrogens with one attached hydrogen (secondary N) is 1. The van der Waals surface area contributed by atoms with Crippen LogP contribution in [0.25, 0.3) is 11.5 Å². The summed E-state index contributed by atoms with van der Waals surface area (Å²) in [6.07, 6.45) is 3.30. The van der Waals surface area contributed by atoms with Gasteiger partial charge in [0.15, 0.2) is 0 Å². The van der Waals surface area contributed by atoms with Crippen LogP contribution in [0.3, 0.4) is 0 Å². The summed E-state index contributed by atoms with van der Waals surface area (Å²) >= 11 is 4.54. The smallest absolute Gasteiger partial charge is 0.277 e. The second-order valence-electron chi connectivity index (χ2n) is 4.45. The molecule has 8 heteroatoms. The fraction of sp³-hybridized carbons (Fsp3) is 0.0667. The van der Waals surface area contributed by atoms with Gasteiger partial charge in [-0.3, -0.25) is 9.78 Å². The number of benzene rings is 1. The number of amides is 1. The summed E-state index contributed by atoms with van der Waals surface area (Å²) in [6.45, 7) is 0. The lowest BCUT2D eigenvalue weighted by Gasteiger charge is -2.03. The molecular formula is C15H11BrN4O2S. The first-order valence-electron chi connectivity index (χ1n) is 6.63. The molecule has 0 aliphatic heterocycles. The van der Waals surface area contributed by atoms with E-state index in [9.17, 15) is 4.79 Å². The van der Waals surface area contributed by atoms with Crippen LogP contribution in [-0.4, -0.2) is 26.8 Å². The van der Waals surface area contributed by atoms with E-state index in [-0.39, 0.29) is 11.7 Å². The van der Waals surface area contributed by atoms with Gasteiger partial charge in [0.05, 0.1) is 5.75 Å². The molecule has 0 unspecified atom stereocenters. The molecular weight excluding hydrogens is 380 g/mol. The molecule has 0 aliphatic carbocycles. The fourth-order valence-electron chi connectivity index (χ4n) is 1.74. The first-order valence-corrected chi connectivity index (χ1v) is 8.41. The van der Waals surface area contributed by atoms with Crippen molar-refractivity contribution in [3.63, 3.8) is 0 Å². The second-order valence-corrected chi connectivity index (χ2v) is 6.30. The Kier molecular flexibility index (Phi) is 5.04. The van der Waals surface area contributed by atoms with Gasteiger partial charge in [-0.25, -0.2) is 0 Å². The lowest BCUT2D eigenvalue weighted by molar-refractivity contribution is -0.113. The van der Waals surface area contributed by atoms with Crippen LogP contribution in [0, 0.1) is 0 Å². The zero-order chi connectivity index (χ0) is 16.1. The van der Waals surface area contributed by atoms with Crippen molar-refractivity contribution < 1.29 is 9.21 Å². The van der Waals surface area contributed by atoms with Gasteiger partial charge < -0.3 is 9.73 Å². The van der Waals surface area contributed by atoms with Gasteiger partial charge in [-0.05, 0) is 36.4 Å². The average molecular weight is 391 g/mol. The molecule has 2 heterocycles. The van der Waals surface area contributed by atoms with Gasteiger partial charge in [0, 0.05) is 28.1 Å². The van der Waals surface area contributed by atoms with Crippen molar-refractivity contribution >= 4 is 39.3 Å². The fourth-order valence-corrected chi connectivity index (χ4v) is 2.56. The van der Waals surface area contributed by atoms with Crippen LogP contribution < -0.4 is 5.32 Å². The summed E-state index contributed by atoms with van der Waals surface area (Å²) in [6, 6.07) is 10.9. The van der Waals surface area contributed by atoms with Crippen molar-refractivity contribution in [2.24, 2.45) is 0 Å². The van der Waals surface area contributed by atoms with Crippen LogP contribution in [0.2, 0.25) is 0 Å². The normalized spacial score (nSPS) is 10.5. The van der Waals surface area contributed by atoms with Crippen LogP contribution in [0.5, 0.6) is 0 Å². The molecule has 116 valence electrons. The zero-order valence-electron chi connectivity index (χ0n) is 11.8. The van der Waals surface area contributed by atoms with Crippen LogP contribution in [0.4, 0.5) is 5.69 Å². The molecule has 1 amide bonds. The Bertz CT molecular complexity index is 793. The summed E-state index contributed by atoms with van der Waals surface area (Å²) < 4.78 is 6.47. The highest BCUT2D eigenvalue weighted by Crippen LogP contribution is 2.22. The second kappa shape index (κ2) is 7.38. The first kappa shape index (κ1) is 15.7. The van der Waals surface area contributed by atoms with E-state index in [1.54, 1.807) is 24.5 Å². The lowest BCUT2D eigenvalue weighted by Crippen LogP contribution is -2.13. The van der Waals surface area contributed by atoms with E-state index in [0.717, 1.165) is 15.7 Å². The number of carbonyl (C=O) groups excluding carboxylic acids is 1. The number of halogens is 1. The summed E-state index contributed by atoms with van der Waals surface area (Å²) in [7, 11) is 0. The predicted octanol–water partition coefficient (Wildman–Crippen LogP) is 3.62. The Balaban J connectivity index is 1.55. The largest absolute Gasteiger partial charge is 0.411 e. The van der Waals surface area contributed by atoms with Crippen LogP contribution >= 0.6 is 27.7 Å². The summed E-state index contributed by atoms with van der Waals surface area (Å²) in [5.41, 5.74) is 1.53. The number of carbonyl (C=O) groups is 1. The average Bonchev–Trinajstić information content (AvgIpc) is 3.05. The summed E-state index contributed by atoms with van der Waals surface area (Å²) in [4.78, 5) is 15.8. The number of nitrogens with zero attached hydrogens (tertiary/aromatic N) is 3. The number of thioether (sulfide) groups is 1. The Morgan fingerprint density at radius 1 is 1.13 bits per heavy atom. The minimum Gasteiger partial charge on any atom is -0.411 e. The van der Waals surface area contributed by atoms with Gasteiger partial charge in [-0.2, -0.15) is 0 Å². The quantitative estimate of drug-likeness (QED) is 0.669. The van der Waals surface area contributed by atoms with Crippen molar-refractivity contribution in [2.75, 3.05) is 11.1 Å². The number of aromatic nitrogens is 3. The molecule has 0 radical (unpaired) electrons. The van der Waals surface area contributed by atoms with Gasteiger partial charge in [0.1, 0.15) is 0 Å². The van der Waals surface area contributed by atoms with Gasteiger partial charge in [-0.15, -0.1) is 10.2 Å². The Morgan fingerprint density at radius 3 is 2.61 bits per heavy atom. The number of rotatable bonds is 5. The van der Waals surface area contributed by atoms with Crippen molar-refractivity contribution in [1.29, 1.82) is 0 Å². The molecule has 0 aliphatic rings. The molecule has 0 atom stereocenters. The maximum absolute atomic E-state index is 11.9. The van der Waals surface area contributed by atoms with Gasteiger partial charge in [-0.1, -0.05) is 27.7 Å². The SMILES string of the molecule is O=C(CSc1nnc(-c2ccncc2)o1)Nc1ccc(Br)cc1. The van der Waals surface area contributed by atoms with Crippen molar-refractivity contribution in [1.82, 2.24) is 15.2 Å². The number of hydrogen-bond donors (Lipinski definition) is 1. The van der Waals surface area contributed by atoms with E-state index in [4.69, 9.17) is 4.42 Å². The van der Waals surface area contributed by atoms with E-state index in [2.05, 4.69) is 36.4 Å². The highest BCUT2D eigenvalue weighted by molar-refractivity contribution is 9.10. The molecule has 0 saturated heterocycles. The number of anilines is 1.